The molecule has 1 aliphatic heterocycles. The molecule has 0 bridgehead atoms. The average molecular weight is 476 g/mol. The summed E-state index contributed by atoms with van der Waals surface area (Å²) in [6, 6.07) is 3.52. The molecular formula is C19H18ClF4N5O3. The molecule has 1 fully saturated rings. The van der Waals surface area contributed by atoms with Gasteiger partial charge in [-0.25, -0.2) is 14.4 Å². The Morgan fingerprint density at radius 1 is 1.28 bits per heavy atom. The lowest BCUT2D eigenvalue weighted by Gasteiger charge is -2.39. The van der Waals surface area contributed by atoms with Crippen molar-refractivity contribution in [1.82, 2.24) is 15.3 Å². The molecule has 0 saturated carbocycles. The zero-order chi connectivity index (χ0) is 23.5. The molecule has 13 heteroatoms. The molecule has 32 heavy (non-hydrogen) atoms. The van der Waals surface area contributed by atoms with Crippen LogP contribution in [0, 0.1) is 5.82 Å². The first-order valence-electron chi connectivity index (χ1n) is 9.38. The number of nitrogens with one attached hydrogen (secondary N) is 1. The molecule has 1 aromatic heterocycles. The van der Waals surface area contributed by atoms with Crippen LogP contribution in [0.4, 0.5) is 23.4 Å². The van der Waals surface area contributed by atoms with E-state index in [0.717, 1.165) is 12.3 Å². The highest BCUT2D eigenvalue weighted by atomic mass is 35.5. The molecule has 2 unspecified atom stereocenters. The second kappa shape index (κ2) is 9.55. The summed E-state index contributed by atoms with van der Waals surface area (Å²) in [6.45, 7) is -0.439. The molecule has 2 amide bonds. The highest BCUT2D eigenvalue weighted by Crippen LogP contribution is 2.29. The topological polar surface area (TPSA) is 110 Å². The molecule has 0 spiro atoms. The number of halogens is 5. The van der Waals surface area contributed by atoms with Crippen LogP contribution in [0.3, 0.4) is 0 Å². The Hall–Kier alpha value is -3.15. The van der Waals surface area contributed by atoms with Crippen molar-refractivity contribution in [2.24, 2.45) is 5.73 Å². The standard InChI is InChI=1S/C19H18ClF4N5O3/c20-12-3-2-11(7-13(12)21)32-9-16(30)27-10-1-4-14(17(25)31)29(8-10)15-5-6-26-18(28-15)19(22,23)24/h2-3,5-7,10,14H,1,4,8-9H2,(H2,25,31)(H,27,30). The van der Waals surface area contributed by atoms with Crippen LogP contribution < -0.4 is 20.7 Å². The Balaban J connectivity index is 1.67. The summed E-state index contributed by atoms with van der Waals surface area (Å²) in [5.41, 5.74) is 5.41. The SMILES string of the molecule is NC(=O)C1CCC(NC(=O)COc2ccc(Cl)c(F)c2)CN1c1ccnc(C(F)(F)F)n1. The van der Waals surface area contributed by atoms with Gasteiger partial charge in [-0.2, -0.15) is 13.2 Å². The summed E-state index contributed by atoms with van der Waals surface area (Å²) in [5, 5.41) is 2.58. The van der Waals surface area contributed by atoms with Crippen molar-refractivity contribution in [3.63, 3.8) is 0 Å². The smallest absolute Gasteiger partial charge is 0.451 e. The molecule has 3 N–H and O–H groups in total. The van der Waals surface area contributed by atoms with E-state index in [0.29, 0.717) is 6.42 Å². The maximum atomic E-state index is 13.4. The number of carbonyl (C=O) groups is 2. The van der Waals surface area contributed by atoms with Gasteiger partial charge in [-0.3, -0.25) is 9.59 Å². The van der Waals surface area contributed by atoms with Crippen molar-refractivity contribution in [2.75, 3.05) is 18.1 Å². The Bertz CT molecular complexity index is 1010. The van der Waals surface area contributed by atoms with E-state index in [1.54, 1.807) is 0 Å². The first-order valence-corrected chi connectivity index (χ1v) is 9.76. The number of alkyl halides is 3. The summed E-state index contributed by atoms with van der Waals surface area (Å²) in [7, 11) is 0. The number of piperidine rings is 1. The van der Waals surface area contributed by atoms with Gasteiger partial charge in [-0.1, -0.05) is 11.6 Å². The number of primary amides is 1. The van der Waals surface area contributed by atoms with Gasteiger partial charge < -0.3 is 20.7 Å². The Kier molecular flexibility index (Phi) is 7.02. The minimum Gasteiger partial charge on any atom is -0.484 e. The third-order valence-corrected chi connectivity index (χ3v) is 5.03. The molecule has 0 aliphatic carbocycles. The van der Waals surface area contributed by atoms with Crippen LogP contribution in [-0.2, 0) is 15.8 Å². The number of hydrogen-bond donors (Lipinski definition) is 2. The molecule has 8 nitrogen and oxygen atoms in total. The van der Waals surface area contributed by atoms with E-state index in [2.05, 4.69) is 15.3 Å². The van der Waals surface area contributed by atoms with Crippen molar-refractivity contribution < 1.29 is 31.9 Å². The maximum absolute atomic E-state index is 13.4. The van der Waals surface area contributed by atoms with Crippen molar-refractivity contribution in [3.8, 4) is 5.75 Å². The first-order chi connectivity index (χ1) is 15.0. The van der Waals surface area contributed by atoms with Crippen molar-refractivity contribution >= 4 is 29.2 Å². The third-order valence-electron chi connectivity index (χ3n) is 4.73. The second-order valence-corrected chi connectivity index (χ2v) is 7.42. The molecular weight excluding hydrogens is 458 g/mol. The number of hydrogen-bond acceptors (Lipinski definition) is 6. The van der Waals surface area contributed by atoms with Crippen LogP contribution in [0.2, 0.25) is 5.02 Å². The Labute approximate surface area is 184 Å². The summed E-state index contributed by atoms with van der Waals surface area (Å²) in [5.74, 6) is -3.36. The van der Waals surface area contributed by atoms with E-state index in [-0.39, 0.29) is 29.6 Å². The number of carbonyl (C=O) groups excluding carboxylic acids is 2. The number of rotatable bonds is 6. The van der Waals surface area contributed by atoms with Gasteiger partial charge in [0.25, 0.3) is 5.91 Å². The summed E-state index contributed by atoms with van der Waals surface area (Å²) >= 11 is 5.59. The van der Waals surface area contributed by atoms with Crippen LogP contribution in [0.15, 0.2) is 30.5 Å². The van der Waals surface area contributed by atoms with Gasteiger partial charge in [0.2, 0.25) is 11.7 Å². The van der Waals surface area contributed by atoms with Gasteiger partial charge in [0.1, 0.15) is 23.4 Å². The highest BCUT2D eigenvalue weighted by molar-refractivity contribution is 6.30. The van der Waals surface area contributed by atoms with Gasteiger partial charge in [0.05, 0.1) is 5.02 Å². The van der Waals surface area contributed by atoms with E-state index >= 15 is 0 Å². The molecule has 3 rings (SSSR count). The lowest BCUT2D eigenvalue weighted by molar-refractivity contribution is -0.144. The quantitative estimate of drug-likeness (QED) is 0.620. The lowest BCUT2D eigenvalue weighted by atomic mass is 9.97. The second-order valence-electron chi connectivity index (χ2n) is 7.01. The van der Waals surface area contributed by atoms with Crippen molar-refractivity contribution in [2.45, 2.75) is 31.1 Å². The largest absolute Gasteiger partial charge is 0.484 e. The molecule has 172 valence electrons. The maximum Gasteiger partial charge on any atom is 0.451 e. The number of ether oxygens (including phenoxy) is 1. The Morgan fingerprint density at radius 2 is 2.03 bits per heavy atom. The van der Waals surface area contributed by atoms with Gasteiger partial charge in [0, 0.05) is 24.8 Å². The zero-order valence-corrected chi connectivity index (χ0v) is 17.2. The Morgan fingerprint density at radius 3 is 2.69 bits per heavy atom. The number of anilines is 1. The molecule has 1 aliphatic rings. The van der Waals surface area contributed by atoms with Crippen LogP contribution in [0.5, 0.6) is 5.75 Å². The highest BCUT2D eigenvalue weighted by Gasteiger charge is 2.37. The average Bonchev–Trinajstić information content (AvgIpc) is 2.74. The minimum atomic E-state index is -4.76. The predicted octanol–water partition coefficient (Wildman–Crippen LogP) is 2.31. The molecule has 1 saturated heterocycles. The summed E-state index contributed by atoms with van der Waals surface area (Å²) in [6.07, 6.45) is -3.29. The van der Waals surface area contributed by atoms with Crippen LogP contribution in [0.25, 0.3) is 0 Å². The van der Waals surface area contributed by atoms with E-state index in [1.807, 2.05) is 0 Å². The summed E-state index contributed by atoms with van der Waals surface area (Å²) < 4.78 is 57.6. The van der Waals surface area contributed by atoms with Crippen molar-refractivity contribution in [3.05, 3.63) is 47.1 Å². The summed E-state index contributed by atoms with van der Waals surface area (Å²) in [4.78, 5) is 32.1. The fraction of sp³-hybridized carbons (Fsp3) is 0.368. The molecule has 2 heterocycles. The van der Waals surface area contributed by atoms with Crippen molar-refractivity contribution in [1.29, 1.82) is 0 Å². The van der Waals surface area contributed by atoms with Gasteiger partial charge in [-0.15, -0.1) is 0 Å². The fourth-order valence-corrected chi connectivity index (χ4v) is 3.39. The van der Waals surface area contributed by atoms with Gasteiger partial charge >= 0.3 is 6.18 Å². The van der Waals surface area contributed by atoms with E-state index in [1.165, 1.54) is 23.1 Å². The first kappa shape index (κ1) is 23.5. The third kappa shape index (κ3) is 5.75. The minimum absolute atomic E-state index is 0.0107. The number of benzene rings is 1. The lowest BCUT2D eigenvalue weighted by Crippen LogP contribution is -2.56. The van der Waals surface area contributed by atoms with Crippen LogP contribution in [0.1, 0.15) is 18.7 Å². The number of nitrogens with zero attached hydrogens (tertiary/aromatic N) is 3. The fourth-order valence-electron chi connectivity index (χ4n) is 3.27. The number of amides is 2. The molecule has 0 radical (unpaired) electrons. The van der Waals surface area contributed by atoms with Gasteiger partial charge in [0.15, 0.2) is 6.61 Å². The van der Waals surface area contributed by atoms with E-state index in [4.69, 9.17) is 22.1 Å². The van der Waals surface area contributed by atoms with E-state index < -0.39 is 48.3 Å². The number of aromatic nitrogens is 2. The van der Waals surface area contributed by atoms with Gasteiger partial charge in [-0.05, 0) is 31.0 Å². The predicted molar refractivity (Wildman–Crippen MR) is 105 cm³/mol. The van der Waals surface area contributed by atoms with E-state index in [9.17, 15) is 27.2 Å². The molecule has 2 aromatic rings. The van der Waals surface area contributed by atoms with Crippen LogP contribution in [-0.4, -0.2) is 47.0 Å². The monoisotopic (exact) mass is 475 g/mol. The number of nitrogens with two attached hydrogens (primary N) is 1. The molecule has 1 aromatic carbocycles. The zero-order valence-electron chi connectivity index (χ0n) is 16.4. The van der Waals surface area contributed by atoms with Crippen LogP contribution >= 0.6 is 11.6 Å². The normalized spacial score (nSPS) is 18.8. The molecule has 2 atom stereocenters.